The molecule has 0 fully saturated rings. The second kappa shape index (κ2) is 4.88. The minimum Gasteiger partial charge on any atom is -0.410 e. The van der Waals surface area contributed by atoms with E-state index in [1.807, 2.05) is 0 Å². The van der Waals surface area contributed by atoms with E-state index in [1.165, 1.54) is 12.3 Å². The predicted molar refractivity (Wildman–Crippen MR) is 62.7 cm³/mol. The number of rotatable bonds is 2. The van der Waals surface area contributed by atoms with E-state index < -0.39 is 23.2 Å². The summed E-state index contributed by atoms with van der Waals surface area (Å²) in [6, 6.07) is 2.39. The van der Waals surface area contributed by atoms with E-state index in [4.69, 9.17) is 4.74 Å². The number of alkyl halides is 2. The Morgan fingerprint density at radius 2 is 1.94 bits per heavy atom. The summed E-state index contributed by atoms with van der Waals surface area (Å²) in [5, 5.41) is 2.56. The molecule has 0 atom stereocenters. The lowest BCUT2D eigenvalue weighted by Gasteiger charge is -2.20. The van der Waals surface area contributed by atoms with Gasteiger partial charge in [-0.3, -0.25) is 4.98 Å². The van der Waals surface area contributed by atoms with E-state index >= 15 is 0 Å². The van der Waals surface area contributed by atoms with Gasteiger partial charge < -0.3 is 10.1 Å². The molecule has 0 aliphatic heterocycles. The van der Waals surface area contributed by atoms with Gasteiger partial charge in [-0.25, -0.2) is 4.79 Å². The van der Waals surface area contributed by atoms with Crippen molar-refractivity contribution < 1.29 is 18.3 Å². The molecular weight excluding hydrogens is 242 g/mol. The highest BCUT2D eigenvalue weighted by molar-refractivity contribution is 5.71. The van der Waals surface area contributed by atoms with E-state index in [9.17, 15) is 13.6 Å². The van der Waals surface area contributed by atoms with E-state index in [2.05, 4.69) is 10.3 Å². The Balaban J connectivity index is 2.77. The summed E-state index contributed by atoms with van der Waals surface area (Å²) in [6.45, 7) is 6.08. The lowest BCUT2D eigenvalue weighted by molar-refractivity contribution is 0.0125. The number of halogens is 2. The summed E-state index contributed by atoms with van der Waals surface area (Å²) in [6.07, 6.45) is 0.478. The van der Waals surface area contributed by atoms with Crippen molar-refractivity contribution in [3.8, 4) is 5.75 Å². The van der Waals surface area contributed by atoms with Gasteiger partial charge in [0, 0.05) is 24.7 Å². The number of carbonyl (C=O) groups is 1. The summed E-state index contributed by atoms with van der Waals surface area (Å²) in [7, 11) is 0. The molecule has 0 aliphatic rings. The molecule has 0 bridgehead atoms. The number of amides is 1. The third-order valence-corrected chi connectivity index (χ3v) is 1.87. The fourth-order valence-corrected chi connectivity index (χ4v) is 1.15. The van der Waals surface area contributed by atoms with Crippen molar-refractivity contribution in [1.29, 1.82) is 0 Å². The van der Waals surface area contributed by atoms with Crippen LogP contribution in [0.3, 0.4) is 0 Å². The second-order valence-corrected chi connectivity index (χ2v) is 5.03. The van der Waals surface area contributed by atoms with E-state index in [0.717, 1.165) is 13.0 Å². The molecule has 0 aromatic carbocycles. The zero-order chi connectivity index (χ0) is 14.0. The van der Waals surface area contributed by atoms with Crippen LogP contribution in [0.5, 0.6) is 5.75 Å². The van der Waals surface area contributed by atoms with Gasteiger partial charge in [0.25, 0.3) is 5.92 Å². The van der Waals surface area contributed by atoms with Gasteiger partial charge >= 0.3 is 6.09 Å². The molecule has 1 aromatic heterocycles. The lowest BCUT2D eigenvalue weighted by atomic mass is 10.1. The van der Waals surface area contributed by atoms with Gasteiger partial charge in [-0.15, -0.1) is 0 Å². The number of pyridine rings is 1. The predicted octanol–water partition coefficient (Wildman–Crippen LogP) is 3.08. The largest absolute Gasteiger partial charge is 0.413 e. The van der Waals surface area contributed by atoms with Crippen molar-refractivity contribution in [2.75, 3.05) is 0 Å². The highest BCUT2D eigenvalue weighted by Crippen LogP contribution is 2.27. The molecule has 0 saturated heterocycles. The molecule has 0 spiro atoms. The van der Waals surface area contributed by atoms with Gasteiger partial charge in [0.05, 0.1) is 0 Å². The molecule has 1 rings (SSSR count). The standard InChI is InChI=1S/C12H16F2N2O2/c1-11(2,3)16-10(17)18-8-5-6-15-9(7-8)12(4,13)14/h5-7H,1-4H3,(H,16,17). The molecule has 1 heterocycles. The van der Waals surface area contributed by atoms with Gasteiger partial charge in [-0.2, -0.15) is 8.78 Å². The number of nitrogens with one attached hydrogen (secondary N) is 1. The zero-order valence-corrected chi connectivity index (χ0v) is 10.8. The number of hydrogen-bond acceptors (Lipinski definition) is 3. The normalized spacial score (nSPS) is 12.1. The molecule has 1 amide bonds. The Labute approximate surface area is 104 Å². The van der Waals surface area contributed by atoms with Gasteiger partial charge in [-0.05, 0) is 26.8 Å². The molecule has 0 radical (unpaired) electrons. The monoisotopic (exact) mass is 258 g/mol. The molecule has 1 aromatic rings. The number of aromatic nitrogens is 1. The molecule has 18 heavy (non-hydrogen) atoms. The Morgan fingerprint density at radius 1 is 1.33 bits per heavy atom. The Kier molecular flexibility index (Phi) is 3.88. The fraction of sp³-hybridized carbons (Fsp3) is 0.500. The first kappa shape index (κ1) is 14.3. The van der Waals surface area contributed by atoms with Crippen molar-refractivity contribution in [2.24, 2.45) is 0 Å². The van der Waals surface area contributed by atoms with Gasteiger partial charge in [-0.1, -0.05) is 0 Å². The molecule has 1 N–H and O–H groups in total. The van der Waals surface area contributed by atoms with Crippen molar-refractivity contribution >= 4 is 6.09 Å². The van der Waals surface area contributed by atoms with Crippen molar-refractivity contribution in [3.63, 3.8) is 0 Å². The first-order valence-corrected chi connectivity index (χ1v) is 5.42. The van der Waals surface area contributed by atoms with E-state index in [-0.39, 0.29) is 5.75 Å². The van der Waals surface area contributed by atoms with E-state index in [1.54, 1.807) is 20.8 Å². The van der Waals surface area contributed by atoms with Crippen LogP contribution in [-0.2, 0) is 5.92 Å². The van der Waals surface area contributed by atoms with Gasteiger partial charge in [0.15, 0.2) is 0 Å². The molecule has 0 aliphatic carbocycles. The van der Waals surface area contributed by atoms with Crippen LogP contribution in [0.1, 0.15) is 33.4 Å². The third kappa shape index (κ3) is 4.65. The molecule has 100 valence electrons. The first-order valence-electron chi connectivity index (χ1n) is 5.42. The Bertz CT molecular complexity index is 436. The Hall–Kier alpha value is -1.72. The van der Waals surface area contributed by atoms with Crippen LogP contribution in [0.4, 0.5) is 13.6 Å². The zero-order valence-electron chi connectivity index (χ0n) is 10.8. The quantitative estimate of drug-likeness (QED) is 0.886. The topological polar surface area (TPSA) is 51.2 Å². The minimum atomic E-state index is -3.07. The molecule has 0 saturated carbocycles. The van der Waals surface area contributed by atoms with Crippen molar-refractivity contribution in [1.82, 2.24) is 10.3 Å². The maximum atomic E-state index is 13.0. The Morgan fingerprint density at radius 3 is 2.44 bits per heavy atom. The third-order valence-electron chi connectivity index (χ3n) is 1.87. The van der Waals surface area contributed by atoms with Crippen molar-refractivity contribution in [2.45, 2.75) is 39.2 Å². The number of carbonyl (C=O) groups excluding carboxylic acids is 1. The average Bonchev–Trinajstić information content (AvgIpc) is 2.13. The smallest absolute Gasteiger partial charge is 0.410 e. The van der Waals surface area contributed by atoms with E-state index in [0.29, 0.717) is 0 Å². The number of ether oxygens (including phenoxy) is 1. The summed E-state index contributed by atoms with van der Waals surface area (Å²) in [5.74, 6) is -3.04. The maximum Gasteiger partial charge on any atom is 0.413 e. The van der Waals surface area contributed by atoms with Crippen LogP contribution < -0.4 is 10.1 Å². The van der Waals surface area contributed by atoms with Gasteiger partial charge in [0.1, 0.15) is 11.4 Å². The SMILES string of the molecule is CC(C)(C)NC(=O)Oc1ccnc(C(C)(F)F)c1. The van der Waals surface area contributed by atoms with Crippen LogP contribution in [0, 0.1) is 0 Å². The molecule has 6 heteroatoms. The maximum absolute atomic E-state index is 13.0. The molecule has 4 nitrogen and oxygen atoms in total. The summed E-state index contributed by atoms with van der Waals surface area (Å²) in [5.41, 5.74) is -0.898. The minimum absolute atomic E-state index is 0.0308. The lowest BCUT2D eigenvalue weighted by Crippen LogP contribution is -2.42. The fourth-order valence-electron chi connectivity index (χ4n) is 1.15. The van der Waals surface area contributed by atoms with Crippen LogP contribution in [0.25, 0.3) is 0 Å². The summed E-state index contributed by atoms with van der Waals surface area (Å²) in [4.78, 5) is 15.0. The van der Waals surface area contributed by atoms with Crippen LogP contribution in [0.15, 0.2) is 18.3 Å². The highest BCUT2D eigenvalue weighted by atomic mass is 19.3. The number of hydrogen-bond donors (Lipinski definition) is 1. The van der Waals surface area contributed by atoms with Crippen LogP contribution in [-0.4, -0.2) is 16.6 Å². The molecular formula is C12H16F2N2O2. The van der Waals surface area contributed by atoms with Crippen LogP contribution >= 0.6 is 0 Å². The highest BCUT2D eigenvalue weighted by Gasteiger charge is 2.26. The second-order valence-electron chi connectivity index (χ2n) is 5.03. The van der Waals surface area contributed by atoms with Crippen LogP contribution in [0.2, 0.25) is 0 Å². The summed E-state index contributed by atoms with van der Waals surface area (Å²) < 4.78 is 31.0. The summed E-state index contributed by atoms with van der Waals surface area (Å²) >= 11 is 0. The van der Waals surface area contributed by atoms with Crippen molar-refractivity contribution in [3.05, 3.63) is 24.0 Å². The number of nitrogens with zero attached hydrogens (tertiary/aromatic N) is 1. The first-order chi connectivity index (χ1) is 8.08. The molecule has 0 unspecified atom stereocenters. The van der Waals surface area contributed by atoms with Gasteiger partial charge in [0.2, 0.25) is 0 Å². The average molecular weight is 258 g/mol.